The lowest BCUT2D eigenvalue weighted by atomic mass is 10.00. The number of piperidine rings is 1. The largest absolute Gasteiger partial charge is 0.465 e. The highest BCUT2D eigenvalue weighted by Gasteiger charge is 2.19. The second kappa shape index (κ2) is 10.4. The number of ether oxygens (including phenoxy) is 1. The molecule has 0 amide bonds. The van der Waals surface area contributed by atoms with Gasteiger partial charge in [-0.15, -0.1) is 0 Å². The summed E-state index contributed by atoms with van der Waals surface area (Å²) >= 11 is 5.34. The first-order valence-electron chi connectivity index (χ1n) is 9.11. The lowest BCUT2D eigenvalue weighted by Gasteiger charge is -2.35. The molecule has 2 N–H and O–H groups in total. The van der Waals surface area contributed by atoms with Crippen molar-refractivity contribution in [3.05, 3.63) is 29.8 Å². The van der Waals surface area contributed by atoms with Gasteiger partial charge in [-0.25, -0.2) is 4.79 Å². The second-order valence-corrected chi connectivity index (χ2v) is 6.81. The number of rotatable bonds is 7. The molecule has 6 heteroatoms. The van der Waals surface area contributed by atoms with Crippen LogP contribution < -0.4 is 10.6 Å². The molecule has 1 aliphatic rings. The van der Waals surface area contributed by atoms with E-state index in [1.165, 1.54) is 39.3 Å². The zero-order chi connectivity index (χ0) is 18.1. The lowest BCUT2D eigenvalue weighted by molar-refractivity contribution is 0.0601. The van der Waals surface area contributed by atoms with Crippen molar-refractivity contribution in [3.8, 4) is 0 Å². The first-order chi connectivity index (χ1) is 12.1. The molecule has 2 rings (SSSR count). The summed E-state index contributed by atoms with van der Waals surface area (Å²) in [4.78, 5) is 14.2. The van der Waals surface area contributed by atoms with E-state index < -0.39 is 0 Å². The Kier molecular flexibility index (Phi) is 8.15. The summed E-state index contributed by atoms with van der Waals surface area (Å²) in [5.41, 5.74) is 1.29. The Balaban J connectivity index is 1.71. The molecular formula is C19H29N3O2S. The fourth-order valence-electron chi connectivity index (χ4n) is 3.32. The third kappa shape index (κ3) is 6.29. The topological polar surface area (TPSA) is 53.6 Å². The molecule has 25 heavy (non-hydrogen) atoms. The molecule has 5 nitrogen and oxygen atoms in total. The Labute approximate surface area is 156 Å². The Morgan fingerprint density at radius 1 is 1.40 bits per heavy atom. The molecule has 1 fully saturated rings. The maximum absolute atomic E-state index is 11.6. The van der Waals surface area contributed by atoms with Gasteiger partial charge in [0, 0.05) is 24.8 Å². The summed E-state index contributed by atoms with van der Waals surface area (Å²) in [6.07, 6.45) is 6.33. The molecule has 1 atom stereocenters. The number of nitrogens with zero attached hydrogens (tertiary/aromatic N) is 1. The van der Waals surface area contributed by atoms with Crippen LogP contribution in [0.5, 0.6) is 0 Å². The summed E-state index contributed by atoms with van der Waals surface area (Å²) < 4.78 is 4.73. The molecule has 1 aliphatic heterocycles. The van der Waals surface area contributed by atoms with Gasteiger partial charge in [0.1, 0.15) is 0 Å². The van der Waals surface area contributed by atoms with E-state index >= 15 is 0 Å². The molecule has 0 radical (unpaired) electrons. The molecule has 0 bridgehead atoms. The second-order valence-electron chi connectivity index (χ2n) is 6.40. The van der Waals surface area contributed by atoms with E-state index in [0.717, 1.165) is 31.2 Å². The number of thiocarbonyl (C=S) groups is 1. The Hall–Kier alpha value is -1.66. The lowest BCUT2D eigenvalue weighted by Crippen LogP contribution is -2.40. The molecule has 0 saturated carbocycles. The monoisotopic (exact) mass is 363 g/mol. The number of esters is 1. The van der Waals surface area contributed by atoms with Crippen LogP contribution in [0.15, 0.2) is 24.3 Å². The molecule has 0 aromatic heterocycles. The number of carbonyl (C=O) groups is 1. The SMILES string of the molecule is CCC1CCCCN1CCCNC(=S)Nc1cccc(C(=O)OC)c1. The zero-order valence-electron chi connectivity index (χ0n) is 15.2. The van der Waals surface area contributed by atoms with Crippen LogP contribution in [0.2, 0.25) is 0 Å². The smallest absolute Gasteiger partial charge is 0.337 e. The number of anilines is 1. The predicted molar refractivity (Wildman–Crippen MR) is 106 cm³/mol. The zero-order valence-corrected chi connectivity index (χ0v) is 16.0. The minimum absolute atomic E-state index is 0.352. The number of hydrogen-bond donors (Lipinski definition) is 2. The van der Waals surface area contributed by atoms with Gasteiger partial charge in [0.05, 0.1) is 12.7 Å². The van der Waals surface area contributed by atoms with Gasteiger partial charge in [-0.3, -0.25) is 0 Å². The van der Waals surface area contributed by atoms with E-state index in [9.17, 15) is 4.79 Å². The van der Waals surface area contributed by atoms with Crippen LogP contribution in [0.4, 0.5) is 5.69 Å². The van der Waals surface area contributed by atoms with Gasteiger partial charge in [-0.2, -0.15) is 0 Å². The summed E-state index contributed by atoms with van der Waals surface area (Å²) in [6.45, 7) is 5.46. The quantitative estimate of drug-likeness (QED) is 0.440. The molecular weight excluding hydrogens is 334 g/mol. The maximum atomic E-state index is 11.6. The minimum atomic E-state index is -0.352. The molecule has 1 unspecified atom stereocenters. The normalized spacial score (nSPS) is 17.8. The van der Waals surface area contributed by atoms with E-state index in [4.69, 9.17) is 17.0 Å². The molecule has 1 aromatic rings. The van der Waals surface area contributed by atoms with Crippen molar-refractivity contribution in [1.82, 2.24) is 10.2 Å². The van der Waals surface area contributed by atoms with Crippen LogP contribution in [0, 0.1) is 0 Å². The first kappa shape index (κ1) is 19.7. The highest BCUT2D eigenvalue weighted by molar-refractivity contribution is 7.80. The van der Waals surface area contributed by atoms with Crippen molar-refractivity contribution in [2.45, 2.75) is 45.1 Å². The van der Waals surface area contributed by atoms with Gasteiger partial charge in [0.2, 0.25) is 0 Å². The van der Waals surface area contributed by atoms with E-state index in [1.54, 1.807) is 18.2 Å². The minimum Gasteiger partial charge on any atom is -0.465 e. The van der Waals surface area contributed by atoms with E-state index in [1.807, 2.05) is 6.07 Å². The molecule has 138 valence electrons. The Bertz CT molecular complexity index is 580. The molecule has 1 saturated heterocycles. The predicted octanol–water partition coefficient (Wildman–Crippen LogP) is 3.41. The van der Waals surface area contributed by atoms with Crippen LogP contribution in [0.1, 0.15) is 49.4 Å². The summed E-state index contributed by atoms with van der Waals surface area (Å²) in [7, 11) is 1.38. The van der Waals surface area contributed by atoms with Crippen molar-refractivity contribution in [2.24, 2.45) is 0 Å². The van der Waals surface area contributed by atoms with Crippen LogP contribution in [-0.4, -0.2) is 48.8 Å². The number of nitrogens with one attached hydrogen (secondary N) is 2. The number of carbonyl (C=O) groups excluding carboxylic acids is 1. The number of likely N-dealkylation sites (tertiary alicyclic amines) is 1. The van der Waals surface area contributed by atoms with Gasteiger partial charge in [-0.1, -0.05) is 19.4 Å². The van der Waals surface area contributed by atoms with Crippen molar-refractivity contribution in [3.63, 3.8) is 0 Å². The van der Waals surface area contributed by atoms with Crippen LogP contribution in [0.25, 0.3) is 0 Å². The highest BCUT2D eigenvalue weighted by atomic mass is 32.1. The number of methoxy groups -OCH3 is 1. The van der Waals surface area contributed by atoms with Gasteiger partial charge in [0.15, 0.2) is 5.11 Å². The molecule has 0 aliphatic carbocycles. The average Bonchev–Trinajstić information content (AvgIpc) is 2.65. The summed E-state index contributed by atoms with van der Waals surface area (Å²) in [5.74, 6) is -0.352. The summed E-state index contributed by atoms with van der Waals surface area (Å²) in [5, 5.41) is 6.94. The van der Waals surface area contributed by atoms with Gasteiger partial charge in [0.25, 0.3) is 0 Å². The third-order valence-electron chi connectivity index (χ3n) is 4.67. The average molecular weight is 364 g/mol. The summed E-state index contributed by atoms with van der Waals surface area (Å²) in [6, 6.07) is 7.88. The van der Waals surface area contributed by atoms with E-state index in [0.29, 0.717) is 10.7 Å². The van der Waals surface area contributed by atoms with Crippen molar-refractivity contribution < 1.29 is 9.53 Å². The molecule has 1 aromatic carbocycles. The Morgan fingerprint density at radius 3 is 3.00 bits per heavy atom. The van der Waals surface area contributed by atoms with Crippen LogP contribution in [0.3, 0.4) is 0 Å². The number of hydrogen-bond acceptors (Lipinski definition) is 4. The first-order valence-corrected chi connectivity index (χ1v) is 9.52. The maximum Gasteiger partial charge on any atom is 0.337 e. The van der Waals surface area contributed by atoms with E-state index in [-0.39, 0.29) is 5.97 Å². The van der Waals surface area contributed by atoms with Crippen molar-refractivity contribution >= 4 is 29.0 Å². The van der Waals surface area contributed by atoms with Crippen LogP contribution >= 0.6 is 12.2 Å². The molecule has 0 spiro atoms. The fourth-order valence-corrected chi connectivity index (χ4v) is 3.54. The van der Waals surface area contributed by atoms with E-state index in [2.05, 4.69) is 22.5 Å². The number of benzene rings is 1. The fraction of sp³-hybridized carbons (Fsp3) is 0.579. The Morgan fingerprint density at radius 2 is 2.24 bits per heavy atom. The van der Waals surface area contributed by atoms with Crippen LogP contribution in [-0.2, 0) is 4.74 Å². The van der Waals surface area contributed by atoms with Gasteiger partial charge in [-0.05, 0) is 62.6 Å². The van der Waals surface area contributed by atoms with Gasteiger partial charge < -0.3 is 20.3 Å². The van der Waals surface area contributed by atoms with Gasteiger partial charge >= 0.3 is 5.97 Å². The van der Waals surface area contributed by atoms with Crippen molar-refractivity contribution in [2.75, 3.05) is 32.1 Å². The molecule has 1 heterocycles. The van der Waals surface area contributed by atoms with Crippen molar-refractivity contribution in [1.29, 1.82) is 0 Å². The standard InChI is InChI=1S/C19H29N3O2S/c1-3-17-10-4-5-12-22(17)13-7-11-20-19(25)21-16-9-6-8-15(14-16)18(23)24-2/h6,8-9,14,17H,3-5,7,10-13H2,1-2H3,(H2,20,21,25). The highest BCUT2D eigenvalue weighted by Crippen LogP contribution is 2.19. The third-order valence-corrected chi connectivity index (χ3v) is 4.92.